The van der Waals surface area contributed by atoms with E-state index in [0.29, 0.717) is 12.1 Å². The van der Waals surface area contributed by atoms with Crippen molar-refractivity contribution in [2.45, 2.75) is 19.8 Å². The summed E-state index contributed by atoms with van der Waals surface area (Å²) in [4.78, 5) is 39.5. The fraction of sp³-hybridized carbons (Fsp3) is 0.263. The van der Waals surface area contributed by atoms with Gasteiger partial charge in [-0.05, 0) is 18.6 Å². The Labute approximate surface area is 172 Å². The zero-order valence-electron chi connectivity index (χ0n) is 16.7. The quantitative estimate of drug-likeness (QED) is 0.499. The minimum Gasteiger partial charge on any atom is -0.453 e. The maximum absolute atomic E-state index is 12.0. The summed E-state index contributed by atoms with van der Waals surface area (Å²) in [5.74, 6) is -0.859. The Morgan fingerprint density at radius 3 is 2.20 bits per heavy atom. The summed E-state index contributed by atoms with van der Waals surface area (Å²) in [5.41, 5.74) is 0.613. The molecule has 158 valence electrons. The van der Waals surface area contributed by atoms with E-state index in [0.717, 1.165) is 7.11 Å². The molecule has 2 amide bonds. The number of carbonyl (C=O) groups excluding carboxylic acids is 3. The predicted octanol–water partition coefficient (Wildman–Crippen LogP) is 4.56. The lowest BCUT2D eigenvalue weighted by atomic mass is 10.3. The van der Waals surface area contributed by atoms with Crippen molar-refractivity contribution in [3.8, 4) is 5.75 Å². The summed E-state index contributed by atoms with van der Waals surface area (Å²) >= 11 is 0. The molecule has 0 fully saturated rings. The van der Waals surface area contributed by atoms with Crippen LogP contribution < -0.4 is 15.4 Å². The number of carbonyl (C=O) groups is 3. The molecule has 0 aliphatic carbocycles. The molecule has 0 saturated heterocycles. The third-order valence-electron chi connectivity index (χ3n) is 3.49. The molecule has 0 aliphatic heterocycles. The second kappa shape index (κ2) is 11.1. The van der Waals surface area contributed by atoms with Crippen LogP contribution in [0.1, 0.15) is 19.8 Å². The SMILES string of the molecule is CCCC(=O)Oc1cc(/N=N/c2ccccc2)c(NC(=O)OC)nc1NC(=O)OC. The van der Waals surface area contributed by atoms with E-state index in [-0.39, 0.29) is 29.5 Å². The van der Waals surface area contributed by atoms with Gasteiger partial charge in [-0.25, -0.2) is 14.6 Å². The first-order valence-corrected chi connectivity index (χ1v) is 8.89. The molecule has 1 aromatic heterocycles. The Balaban J connectivity index is 2.51. The smallest absolute Gasteiger partial charge is 0.412 e. The number of rotatable bonds is 7. The first kappa shape index (κ1) is 22.3. The summed E-state index contributed by atoms with van der Waals surface area (Å²) in [6.45, 7) is 1.82. The molecule has 1 heterocycles. The molecule has 1 aromatic carbocycles. The number of anilines is 2. The van der Waals surface area contributed by atoms with Crippen LogP contribution in [0.3, 0.4) is 0 Å². The molecule has 0 unspecified atom stereocenters. The second-order valence-corrected chi connectivity index (χ2v) is 5.70. The van der Waals surface area contributed by atoms with Gasteiger partial charge < -0.3 is 14.2 Å². The molecule has 0 saturated carbocycles. The van der Waals surface area contributed by atoms with E-state index in [2.05, 4.69) is 35.3 Å². The number of hydrogen-bond acceptors (Lipinski definition) is 9. The van der Waals surface area contributed by atoms with E-state index in [9.17, 15) is 14.4 Å². The molecule has 0 atom stereocenters. The van der Waals surface area contributed by atoms with Crippen molar-refractivity contribution in [1.29, 1.82) is 0 Å². The lowest BCUT2D eigenvalue weighted by Gasteiger charge is -2.13. The minimum atomic E-state index is -0.849. The van der Waals surface area contributed by atoms with Gasteiger partial charge >= 0.3 is 18.2 Å². The number of methoxy groups -OCH3 is 2. The van der Waals surface area contributed by atoms with E-state index in [1.165, 1.54) is 13.2 Å². The molecule has 0 radical (unpaired) electrons. The Hall–Kier alpha value is -4.02. The Kier molecular flexibility index (Phi) is 8.24. The molecule has 30 heavy (non-hydrogen) atoms. The summed E-state index contributed by atoms with van der Waals surface area (Å²) in [6.07, 6.45) is -0.952. The van der Waals surface area contributed by atoms with Gasteiger partial charge in [0.05, 0.1) is 19.9 Å². The zero-order chi connectivity index (χ0) is 21.9. The van der Waals surface area contributed by atoms with Crippen molar-refractivity contribution in [1.82, 2.24) is 4.98 Å². The second-order valence-electron chi connectivity index (χ2n) is 5.70. The van der Waals surface area contributed by atoms with Crippen LogP contribution in [0.15, 0.2) is 46.6 Å². The lowest BCUT2D eigenvalue weighted by molar-refractivity contribution is -0.134. The van der Waals surface area contributed by atoms with Crippen LogP contribution in [-0.2, 0) is 14.3 Å². The number of azo groups is 1. The van der Waals surface area contributed by atoms with Crippen LogP contribution >= 0.6 is 0 Å². The lowest BCUT2D eigenvalue weighted by Crippen LogP contribution is -2.17. The standard InChI is InChI=1S/C19H21N5O6/c1-4-8-15(25)30-14-11-13(24-23-12-9-6-5-7-10-12)16(21-18(26)28-2)20-17(14)22-19(27)29-3/h5-7,9-11H,4,8H2,1-3H3,(H2,20,21,22,26,27)/b24-23+. The monoisotopic (exact) mass is 415 g/mol. The zero-order valence-corrected chi connectivity index (χ0v) is 16.7. The molecule has 2 aromatic rings. The molecule has 2 N–H and O–H groups in total. The fourth-order valence-corrected chi connectivity index (χ4v) is 2.10. The van der Waals surface area contributed by atoms with Gasteiger partial charge in [0.25, 0.3) is 0 Å². The van der Waals surface area contributed by atoms with Crippen molar-refractivity contribution >= 4 is 41.2 Å². The molecule has 11 heteroatoms. The minimum absolute atomic E-state index is 0.0685. The number of aromatic nitrogens is 1. The van der Waals surface area contributed by atoms with Crippen molar-refractivity contribution in [3.05, 3.63) is 36.4 Å². The summed E-state index contributed by atoms with van der Waals surface area (Å²) in [7, 11) is 2.34. The van der Waals surface area contributed by atoms with E-state index >= 15 is 0 Å². The van der Waals surface area contributed by atoms with Gasteiger partial charge in [-0.2, -0.15) is 5.11 Å². The number of nitrogens with zero attached hydrogens (tertiary/aromatic N) is 3. The third-order valence-corrected chi connectivity index (χ3v) is 3.49. The highest BCUT2D eigenvalue weighted by molar-refractivity contribution is 5.91. The summed E-state index contributed by atoms with van der Waals surface area (Å²) in [5, 5.41) is 12.9. The Bertz CT molecular complexity index is 933. The molecular weight excluding hydrogens is 394 g/mol. The molecule has 0 aliphatic rings. The third kappa shape index (κ3) is 6.55. The number of pyridine rings is 1. The highest BCUT2D eigenvalue weighted by atomic mass is 16.5. The van der Waals surface area contributed by atoms with Gasteiger partial charge in [-0.1, -0.05) is 25.1 Å². The largest absolute Gasteiger partial charge is 0.453 e. The average Bonchev–Trinajstić information content (AvgIpc) is 2.75. The van der Waals surface area contributed by atoms with Gasteiger partial charge in [0, 0.05) is 12.5 Å². The summed E-state index contributed by atoms with van der Waals surface area (Å²) in [6, 6.07) is 10.1. The van der Waals surface area contributed by atoms with Crippen molar-refractivity contribution in [2.75, 3.05) is 24.9 Å². The van der Waals surface area contributed by atoms with Crippen LogP contribution in [0.5, 0.6) is 5.75 Å². The van der Waals surface area contributed by atoms with Crippen molar-refractivity contribution in [3.63, 3.8) is 0 Å². The topological polar surface area (TPSA) is 141 Å². The van der Waals surface area contributed by atoms with Gasteiger partial charge in [0.2, 0.25) is 0 Å². The molecular formula is C19H21N5O6. The van der Waals surface area contributed by atoms with Crippen LogP contribution in [0.4, 0.5) is 32.6 Å². The summed E-state index contributed by atoms with van der Waals surface area (Å²) < 4.78 is 14.4. The predicted molar refractivity (Wildman–Crippen MR) is 107 cm³/mol. The van der Waals surface area contributed by atoms with Crippen molar-refractivity contribution in [2.24, 2.45) is 10.2 Å². The van der Waals surface area contributed by atoms with Gasteiger partial charge in [0.1, 0.15) is 5.69 Å². The Morgan fingerprint density at radius 2 is 1.60 bits per heavy atom. The average molecular weight is 415 g/mol. The van der Waals surface area contributed by atoms with Crippen LogP contribution in [0.25, 0.3) is 0 Å². The number of amides is 2. The van der Waals surface area contributed by atoms with Gasteiger partial charge in [0.15, 0.2) is 17.4 Å². The maximum atomic E-state index is 12.0. The van der Waals surface area contributed by atoms with Crippen LogP contribution in [-0.4, -0.2) is 37.4 Å². The highest BCUT2D eigenvalue weighted by Gasteiger charge is 2.19. The number of hydrogen-bond donors (Lipinski definition) is 2. The molecule has 2 rings (SSSR count). The van der Waals surface area contributed by atoms with E-state index < -0.39 is 18.2 Å². The molecule has 11 nitrogen and oxygen atoms in total. The fourth-order valence-electron chi connectivity index (χ4n) is 2.10. The van der Waals surface area contributed by atoms with E-state index in [4.69, 9.17) is 4.74 Å². The highest BCUT2D eigenvalue weighted by Crippen LogP contribution is 2.35. The molecule has 0 bridgehead atoms. The normalized spacial score (nSPS) is 10.4. The van der Waals surface area contributed by atoms with Crippen molar-refractivity contribution < 1.29 is 28.6 Å². The molecule has 0 spiro atoms. The van der Waals surface area contributed by atoms with Gasteiger partial charge in [-0.3, -0.25) is 15.4 Å². The van der Waals surface area contributed by atoms with Crippen LogP contribution in [0, 0.1) is 0 Å². The van der Waals surface area contributed by atoms with Gasteiger partial charge in [-0.15, -0.1) is 5.11 Å². The number of esters is 1. The first-order chi connectivity index (χ1) is 14.5. The number of ether oxygens (including phenoxy) is 3. The first-order valence-electron chi connectivity index (χ1n) is 8.89. The maximum Gasteiger partial charge on any atom is 0.412 e. The number of benzene rings is 1. The Morgan fingerprint density at radius 1 is 0.967 bits per heavy atom. The van der Waals surface area contributed by atoms with E-state index in [1.807, 2.05) is 13.0 Å². The number of nitrogens with one attached hydrogen (secondary N) is 2. The van der Waals surface area contributed by atoms with E-state index in [1.54, 1.807) is 24.3 Å². The van der Waals surface area contributed by atoms with Crippen LogP contribution in [0.2, 0.25) is 0 Å².